The molecule has 2 rings (SSSR count). The van der Waals surface area contributed by atoms with E-state index in [0.717, 1.165) is 16.8 Å². The normalized spacial score (nSPS) is 10.0. The number of carbonyl (C=O) groups is 1. The van der Waals surface area contributed by atoms with Crippen LogP contribution < -0.4 is 10.2 Å². The number of carbonyl (C=O) groups excluding carboxylic acids is 1. The van der Waals surface area contributed by atoms with Crippen LogP contribution in [0.2, 0.25) is 5.02 Å². The third kappa shape index (κ3) is 4.24. The number of hydrogen-bond acceptors (Lipinski definition) is 3. The van der Waals surface area contributed by atoms with Gasteiger partial charge in [-0.3, -0.25) is 4.79 Å². The Morgan fingerprint density at radius 3 is 2.70 bits per heavy atom. The van der Waals surface area contributed by atoms with Gasteiger partial charge in [-0.1, -0.05) is 23.7 Å². The highest BCUT2D eigenvalue weighted by Gasteiger charge is 2.12. The molecule has 0 unspecified atom stereocenters. The molecule has 1 N–H and O–H groups in total. The van der Waals surface area contributed by atoms with Crippen LogP contribution in [0.25, 0.3) is 0 Å². The number of rotatable bonds is 4. The van der Waals surface area contributed by atoms with Gasteiger partial charge in [-0.05, 0) is 49.2 Å². The lowest BCUT2D eigenvalue weighted by atomic mass is 10.1. The zero-order valence-corrected chi connectivity index (χ0v) is 14.1. The molecule has 118 valence electrons. The first-order valence-electron chi connectivity index (χ1n) is 7.18. The second-order valence-corrected chi connectivity index (χ2v) is 5.93. The van der Waals surface area contributed by atoms with Gasteiger partial charge >= 0.3 is 0 Å². The Bertz CT molecular complexity index is 780. The van der Waals surface area contributed by atoms with Crippen LogP contribution in [0.1, 0.15) is 16.7 Å². The van der Waals surface area contributed by atoms with Crippen molar-refractivity contribution in [3.63, 3.8) is 0 Å². The first-order chi connectivity index (χ1) is 10.9. The number of likely N-dealkylation sites (N-methyl/N-ethyl adjacent to an activating group) is 1. The van der Waals surface area contributed by atoms with E-state index in [-0.39, 0.29) is 12.5 Å². The quantitative estimate of drug-likeness (QED) is 0.926. The van der Waals surface area contributed by atoms with Crippen LogP contribution in [0.4, 0.5) is 11.4 Å². The lowest BCUT2D eigenvalue weighted by Crippen LogP contribution is -2.30. The van der Waals surface area contributed by atoms with Crippen LogP contribution in [0.3, 0.4) is 0 Å². The van der Waals surface area contributed by atoms with Gasteiger partial charge in [0.15, 0.2) is 0 Å². The standard InChI is InChI=1S/C18H18ClN3O/c1-12-4-5-13(2)17(8-12)22(3)11-18(23)21-16-9-15(19)7-6-14(16)10-20/h4-9H,11H2,1-3H3,(H,21,23). The van der Waals surface area contributed by atoms with Crippen molar-refractivity contribution < 1.29 is 4.79 Å². The van der Waals surface area contributed by atoms with E-state index < -0.39 is 0 Å². The van der Waals surface area contributed by atoms with Gasteiger partial charge in [-0.2, -0.15) is 5.26 Å². The maximum Gasteiger partial charge on any atom is 0.243 e. The summed E-state index contributed by atoms with van der Waals surface area (Å²) in [5.74, 6) is -0.202. The molecule has 0 saturated heterocycles. The van der Waals surface area contributed by atoms with Crippen molar-refractivity contribution in [1.82, 2.24) is 0 Å². The molecule has 23 heavy (non-hydrogen) atoms. The number of aryl methyl sites for hydroxylation is 2. The number of nitriles is 1. The second kappa shape index (κ2) is 7.17. The number of halogens is 1. The van der Waals surface area contributed by atoms with Crippen LogP contribution in [-0.2, 0) is 4.79 Å². The van der Waals surface area contributed by atoms with E-state index in [0.29, 0.717) is 16.3 Å². The highest BCUT2D eigenvalue weighted by Crippen LogP contribution is 2.22. The monoisotopic (exact) mass is 327 g/mol. The summed E-state index contributed by atoms with van der Waals surface area (Å²) in [6.07, 6.45) is 0. The van der Waals surface area contributed by atoms with Crippen molar-refractivity contribution in [2.75, 3.05) is 23.8 Å². The zero-order chi connectivity index (χ0) is 17.0. The topological polar surface area (TPSA) is 56.1 Å². The maximum atomic E-state index is 12.3. The molecule has 0 radical (unpaired) electrons. The molecule has 0 saturated carbocycles. The molecule has 0 bridgehead atoms. The molecule has 0 fully saturated rings. The fourth-order valence-corrected chi connectivity index (χ4v) is 2.51. The lowest BCUT2D eigenvalue weighted by Gasteiger charge is -2.21. The molecule has 0 aliphatic rings. The summed E-state index contributed by atoms with van der Waals surface area (Å²) in [5.41, 5.74) is 4.06. The van der Waals surface area contributed by atoms with E-state index in [1.165, 1.54) is 0 Å². The van der Waals surface area contributed by atoms with Gasteiger partial charge in [0.2, 0.25) is 5.91 Å². The van der Waals surface area contributed by atoms with Crippen LogP contribution in [0.15, 0.2) is 36.4 Å². The average Bonchev–Trinajstić information content (AvgIpc) is 2.49. The Morgan fingerprint density at radius 2 is 2.00 bits per heavy atom. The summed E-state index contributed by atoms with van der Waals surface area (Å²) in [6.45, 7) is 4.21. The maximum absolute atomic E-state index is 12.3. The van der Waals surface area contributed by atoms with Gasteiger partial charge in [0.1, 0.15) is 6.07 Å². The minimum Gasteiger partial charge on any atom is -0.365 e. The highest BCUT2D eigenvalue weighted by molar-refractivity contribution is 6.31. The Morgan fingerprint density at radius 1 is 1.26 bits per heavy atom. The molecule has 2 aromatic carbocycles. The molecular formula is C18H18ClN3O. The minimum absolute atomic E-state index is 0.182. The fraction of sp³-hybridized carbons (Fsp3) is 0.222. The van der Waals surface area contributed by atoms with Crippen molar-refractivity contribution in [2.24, 2.45) is 0 Å². The van der Waals surface area contributed by atoms with Crippen molar-refractivity contribution in [2.45, 2.75) is 13.8 Å². The summed E-state index contributed by atoms with van der Waals surface area (Å²) in [6, 6.07) is 13.0. The number of amides is 1. The molecule has 0 spiro atoms. The smallest absolute Gasteiger partial charge is 0.243 e. The summed E-state index contributed by atoms with van der Waals surface area (Å²) in [4.78, 5) is 14.1. The summed E-state index contributed by atoms with van der Waals surface area (Å²) >= 11 is 5.93. The largest absolute Gasteiger partial charge is 0.365 e. The first-order valence-corrected chi connectivity index (χ1v) is 7.56. The van der Waals surface area contributed by atoms with Gasteiger partial charge in [0.25, 0.3) is 0 Å². The lowest BCUT2D eigenvalue weighted by molar-refractivity contribution is -0.114. The number of nitrogens with zero attached hydrogens (tertiary/aromatic N) is 2. The van der Waals surface area contributed by atoms with Crippen LogP contribution >= 0.6 is 11.6 Å². The Hall–Kier alpha value is -2.51. The SMILES string of the molecule is Cc1ccc(C)c(N(C)CC(=O)Nc2cc(Cl)ccc2C#N)c1. The summed E-state index contributed by atoms with van der Waals surface area (Å²) < 4.78 is 0. The third-order valence-electron chi connectivity index (χ3n) is 3.53. The van der Waals surface area contributed by atoms with E-state index in [4.69, 9.17) is 16.9 Å². The van der Waals surface area contributed by atoms with Crippen LogP contribution in [0, 0.1) is 25.2 Å². The molecule has 0 aromatic heterocycles. The van der Waals surface area contributed by atoms with E-state index in [2.05, 4.69) is 5.32 Å². The highest BCUT2D eigenvalue weighted by atomic mass is 35.5. The zero-order valence-electron chi connectivity index (χ0n) is 13.4. The van der Waals surface area contributed by atoms with Gasteiger partial charge in [0, 0.05) is 17.8 Å². The Labute approximate surface area is 141 Å². The second-order valence-electron chi connectivity index (χ2n) is 5.50. The summed E-state index contributed by atoms with van der Waals surface area (Å²) in [5, 5.41) is 12.3. The number of anilines is 2. The predicted molar refractivity (Wildman–Crippen MR) is 94.0 cm³/mol. The predicted octanol–water partition coefficient (Wildman–Crippen LogP) is 3.90. The average molecular weight is 328 g/mol. The molecule has 0 atom stereocenters. The molecular weight excluding hydrogens is 310 g/mol. The Kier molecular flexibility index (Phi) is 5.25. The number of nitrogens with one attached hydrogen (secondary N) is 1. The van der Waals surface area contributed by atoms with Crippen molar-refractivity contribution in [3.05, 3.63) is 58.1 Å². The van der Waals surface area contributed by atoms with Crippen molar-refractivity contribution >= 4 is 28.9 Å². The van der Waals surface area contributed by atoms with E-state index >= 15 is 0 Å². The molecule has 0 aliphatic heterocycles. The van der Waals surface area contributed by atoms with Gasteiger partial charge in [-0.15, -0.1) is 0 Å². The van der Waals surface area contributed by atoms with E-state index in [1.54, 1.807) is 18.2 Å². The first kappa shape index (κ1) is 16.9. The molecule has 0 heterocycles. The van der Waals surface area contributed by atoms with Gasteiger partial charge in [-0.25, -0.2) is 0 Å². The van der Waals surface area contributed by atoms with Crippen LogP contribution in [0.5, 0.6) is 0 Å². The Balaban J connectivity index is 2.12. The van der Waals surface area contributed by atoms with Crippen molar-refractivity contribution in [3.8, 4) is 6.07 Å². The third-order valence-corrected chi connectivity index (χ3v) is 3.77. The number of hydrogen-bond donors (Lipinski definition) is 1. The number of benzene rings is 2. The minimum atomic E-state index is -0.202. The van der Waals surface area contributed by atoms with Gasteiger partial charge < -0.3 is 10.2 Å². The van der Waals surface area contributed by atoms with Crippen molar-refractivity contribution in [1.29, 1.82) is 5.26 Å². The molecule has 1 amide bonds. The fourth-order valence-electron chi connectivity index (χ4n) is 2.34. The molecule has 2 aromatic rings. The molecule has 5 heteroatoms. The van der Waals surface area contributed by atoms with E-state index in [9.17, 15) is 4.79 Å². The van der Waals surface area contributed by atoms with Gasteiger partial charge in [0.05, 0.1) is 17.8 Å². The molecule has 0 aliphatic carbocycles. The van der Waals surface area contributed by atoms with Crippen LogP contribution in [-0.4, -0.2) is 19.5 Å². The summed E-state index contributed by atoms with van der Waals surface area (Å²) in [7, 11) is 1.87. The molecule has 4 nitrogen and oxygen atoms in total. The van der Waals surface area contributed by atoms with E-state index in [1.807, 2.05) is 50.1 Å².